The predicted octanol–water partition coefficient (Wildman–Crippen LogP) is 4.84. The third-order valence-electron chi connectivity index (χ3n) is 2.56. The lowest BCUT2D eigenvalue weighted by Crippen LogP contribution is -2.07. The molecule has 0 aromatic heterocycles. The van der Waals surface area contributed by atoms with E-state index < -0.39 is 7.75 Å². The van der Waals surface area contributed by atoms with E-state index in [2.05, 4.69) is 18.9 Å². The molecule has 0 spiro atoms. The van der Waals surface area contributed by atoms with Crippen LogP contribution in [0.2, 0.25) is 0 Å². The first-order valence-corrected chi connectivity index (χ1v) is 8.47. The van der Waals surface area contributed by atoms with Gasteiger partial charge in [0.05, 0.1) is 13.2 Å². The molecule has 0 aliphatic rings. The van der Waals surface area contributed by atoms with E-state index >= 15 is 0 Å². The molecule has 0 aliphatic carbocycles. The molecule has 0 amide bonds. The topological polar surface area (TPSA) is 47.6 Å². The standard InChI is InChI=1S/C14H24NO3P/c1-3-5-12-17-19(16,18-13-6-4-2)15-14-10-8-7-9-11-14/h7-11H,3-6,12-13H2,1-2H3,(H,15,16). The summed E-state index contributed by atoms with van der Waals surface area (Å²) in [5.74, 6) is 0. The van der Waals surface area contributed by atoms with Crippen molar-refractivity contribution in [3.8, 4) is 0 Å². The molecular weight excluding hydrogens is 261 g/mol. The molecule has 0 fully saturated rings. The van der Waals surface area contributed by atoms with Crippen LogP contribution in [0.25, 0.3) is 0 Å². The molecule has 0 radical (unpaired) electrons. The van der Waals surface area contributed by atoms with Crippen molar-refractivity contribution in [2.75, 3.05) is 18.3 Å². The zero-order chi connectivity index (χ0) is 14.0. The Morgan fingerprint density at radius 2 is 1.53 bits per heavy atom. The van der Waals surface area contributed by atoms with Crippen LogP contribution < -0.4 is 5.09 Å². The van der Waals surface area contributed by atoms with Gasteiger partial charge in [0.2, 0.25) is 0 Å². The number of unbranched alkanes of at least 4 members (excludes halogenated alkanes) is 2. The van der Waals surface area contributed by atoms with Gasteiger partial charge in [-0.1, -0.05) is 44.9 Å². The van der Waals surface area contributed by atoms with Crippen molar-refractivity contribution in [3.05, 3.63) is 30.3 Å². The van der Waals surface area contributed by atoms with Crippen molar-refractivity contribution in [2.24, 2.45) is 0 Å². The molecule has 4 nitrogen and oxygen atoms in total. The highest BCUT2D eigenvalue weighted by Crippen LogP contribution is 2.48. The zero-order valence-corrected chi connectivity index (χ0v) is 12.7. The van der Waals surface area contributed by atoms with Crippen LogP contribution >= 0.6 is 7.75 Å². The Labute approximate surface area is 116 Å². The van der Waals surface area contributed by atoms with Gasteiger partial charge >= 0.3 is 7.75 Å². The SMILES string of the molecule is CCCCOP(=O)(Nc1ccccc1)OCCCC. The van der Waals surface area contributed by atoms with Gasteiger partial charge in [-0.3, -0.25) is 14.1 Å². The predicted molar refractivity (Wildman–Crippen MR) is 79.4 cm³/mol. The fraction of sp³-hybridized carbons (Fsp3) is 0.571. The van der Waals surface area contributed by atoms with Crippen LogP contribution in [0, 0.1) is 0 Å². The van der Waals surface area contributed by atoms with Crippen LogP contribution in [0.15, 0.2) is 30.3 Å². The lowest BCUT2D eigenvalue weighted by molar-refractivity contribution is 0.204. The monoisotopic (exact) mass is 285 g/mol. The van der Waals surface area contributed by atoms with Crippen molar-refractivity contribution >= 4 is 13.4 Å². The number of benzene rings is 1. The zero-order valence-electron chi connectivity index (χ0n) is 11.8. The first-order chi connectivity index (χ1) is 9.20. The number of hydrogen-bond donors (Lipinski definition) is 1. The average Bonchev–Trinajstić information content (AvgIpc) is 2.40. The molecule has 0 bridgehead atoms. The maximum absolute atomic E-state index is 12.6. The first kappa shape index (κ1) is 16.2. The summed E-state index contributed by atoms with van der Waals surface area (Å²) in [6.07, 6.45) is 3.75. The van der Waals surface area contributed by atoms with Gasteiger partial charge in [0.15, 0.2) is 0 Å². The van der Waals surface area contributed by atoms with E-state index in [9.17, 15) is 4.57 Å². The minimum absolute atomic E-state index is 0.444. The normalized spacial score (nSPS) is 11.5. The van der Waals surface area contributed by atoms with Crippen LogP contribution in [0.1, 0.15) is 39.5 Å². The molecule has 1 aromatic carbocycles. The minimum atomic E-state index is -3.25. The largest absolute Gasteiger partial charge is 0.432 e. The number of hydrogen-bond acceptors (Lipinski definition) is 3. The van der Waals surface area contributed by atoms with Crippen LogP contribution in [0.4, 0.5) is 5.69 Å². The number of anilines is 1. The number of rotatable bonds is 10. The molecule has 5 heteroatoms. The van der Waals surface area contributed by atoms with Gasteiger partial charge in [-0.15, -0.1) is 0 Å². The smallest absolute Gasteiger partial charge is 0.293 e. The van der Waals surface area contributed by atoms with Gasteiger partial charge < -0.3 is 0 Å². The Kier molecular flexibility index (Phi) is 7.80. The van der Waals surface area contributed by atoms with Crippen molar-refractivity contribution < 1.29 is 13.6 Å². The summed E-state index contributed by atoms with van der Waals surface area (Å²) < 4.78 is 23.5. The third-order valence-corrected chi connectivity index (χ3v) is 4.14. The highest BCUT2D eigenvalue weighted by Gasteiger charge is 2.24. The quantitative estimate of drug-likeness (QED) is 0.493. The van der Waals surface area contributed by atoms with E-state index in [0.29, 0.717) is 13.2 Å². The van der Waals surface area contributed by atoms with Crippen molar-refractivity contribution in [2.45, 2.75) is 39.5 Å². The first-order valence-electron chi connectivity index (χ1n) is 6.92. The van der Waals surface area contributed by atoms with Crippen molar-refractivity contribution in [1.29, 1.82) is 0 Å². The van der Waals surface area contributed by atoms with Gasteiger partial charge in [0, 0.05) is 5.69 Å². The van der Waals surface area contributed by atoms with Crippen LogP contribution in [-0.2, 0) is 13.6 Å². The van der Waals surface area contributed by atoms with Crippen LogP contribution in [0.3, 0.4) is 0 Å². The van der Waals surface area contributed by atoms with Crippen LogP contribution in [-0.4, -0.2) is 13.2 Å². The molecule has 0 saturated heterocycles. The van der Waals surface area contributed by atoms with E-state index in [4.69, 9.17) is 9.05 Å². The summed E-state index contributed by atoms with van der Waals surface area (Å²) in [7, 11) is -3.25. The molecule has 1 N–H and O–H groups in total. The maximum atomic E-state index is 12.6. The fourth-order valence-corrected chi connectivity index (χ4v) is 2.84. The summed E-state index contributed by atoms with van der Waals surface area (Å²) >= 11 is 0. The summed E-state index contributed by atoms with van der Waals surface area (Å²) in [5, 5.41) is 2.88. The highest BCUT2D eigenvalue weighted by atomic mass is 31.2. The average molecular weight is 285 g/mol. The molecule has 0 saturated carbocycles. The molecule has 19 heavy (non-hydrogen) atoms. The summed E-state index contributed by atoms with van der Waals surface area (Å²) in [6, 6.07) is 9.36. The second kappa shape index (κ2) is 9.13. The summed E-state index contributed by atoms with van der Waals surface area (Å²) in [6.45, 7) is 5.02. The molecule has 0 atom stereocenters. The number of para-hydroxylation sites is 1. The van der Waals surface area contributed by atoms with Crippen molar-refractivity contribution in [1.82, 2.24) is 0 Å². The second-order valence-corrected chi connectivity index (χ2v) is 6.08. The fourth-order valence-electron chi connectivity index (χ4n) is 1.43. The Bertz CT molecular complexity index is 370. The Morgan fingerprint density at radius 1 is 1.00 bits per heavy atom. The molecule has 0 unspecified atom stereocenters. The van der Waals surface area contributed by atoms with E-state index in [0.717, 1.165) is 31.4 Å². The van der Waals surface area contributed by atoms with E-state index in [1.165, 1.54) is 0 Å². The van der Waals surface area contributed by atoms with E-state index in [1.54, 1.807) is 0 Å². The van der Waals surface area contributed by atoms with E-state index in [1.807, 2.05) is 30.3 Å². The Hall–Kier alpha value is -0.830. The van der Waals surface area contributed by atoms with Crippen LogP contribution in [0.5, 0.6) is 0 Å². The highest BCUT2D eigenvalue weighted by molar-refractivity contribution is 7.55. The third kappa shape index (κ3) is 6.76. The minimum Gasteiger partial charge on any atom is -0.293 e. The molecular formula is C14H24NO3P. The maximum Gasteiger partial charge on any atom is 0.432 e. The van der Waals surface area contributed by atoms with E-state index in [-0.39, 0.29) is 0 Å². The van der Waals surface area contributed by atoms with Gasteiger partial charge in [-0.2, -0.15) is 0 Å². The van der Waals surface area contributed by atoms with Crippen molar-refractivity contribution in [3.63, 3.8) is 0 Å². The molecule has 1 rings (SSSR count). The summed E-state index contributed by atoms with van der Waals surface area (Å²) in [4.78, 5) is 0. The Morgan fingerprint density at radius 3 is 2.00 bits per heavy atom. The Balaban J connectivity index is 2.59. The molecule has 108 valence electrons. The molecule has 0 aliphatic heterocycles. The van der Waals surface area contributed by atoms with Gasteiger partial charge in [-0.05, 0) is 25.0 Å². The van der Waals surface area contributed by atoms with Gasteiger partial charge in [0.1, 0.15) is 0 Å². The number of nitrogens with one attached hydrogen (secondary N) is 1. The van der Waals surface area contributed by atoms with Gasteiger partial charge in [0.25, 0.3) is 0 Å². The lowest BCUT2D eigenvalue weighted by Gasteiger charge is -2.20. The molecule has 1 aromatic rings. The lowest BCUT2D eigenvalue weighted by atomic mass is 10.3. The van der Waals surface area contributed by atoms with Gasteiger partial charge in [-0.25, -0.2) is 4.57 Å². The molecule has 0 heterocycles. The summed E-state index contributed by atoms with van der Waals surface area (Å²) in [5.41, 5.74) is 0.749. The second-order valence-electron chi connectivity index (χ2n) is 4.35.